The third kappa shape index (κ3) is 7.20. The molecule has 0 amide bonds. The van der Waals surface area contributed by atoms with Gasteiger partial charge in [-0.25, -0.2) is 9.97 Å². The molecule has 8 aromatic rings. The zero-order valence-corrected chi connectivity index (χ0v) is 31.2. The minimum Gasteiger partial charge on any atom is -0.292 e. The van der Waals surface area contributed by atoms with Gasteiger partial charge >= 0.3 is 0 Å². The van der Waals surface area contributed by atoms with Crippen molar-refractivity contribution in [3.05, 3.63) is 168 Å². The van der Waals surface area contributed by atoms with Crippen LogP contribution in [0.1, 0.15) is 62.3 Å². The van der Waals surface area contributed by atoms with Crippen LogP contribution >= 0.6 is 0 Å². The summed E-state index contributed by atoms with van der Waals surface area (Å²) in [7, 11) is 0. The summed E-state index contributed by atoms with van der Waals surface area (Å²) in [5.74, 6) is 3.14. The van der Waals surface area contributed by atoms with Gasteiger partial charge in [-0.3, -0.25) is 9.13 Å². The van der Waals surface area contributed by atoms with Crippen LogP contribution < -0.4 is 0 Å². The Kier molecular flexibility index (Phi) is 10.2. The van der Waals surface area contributed by atoms with Gasteiger partial charge in [-0.2, -0.15) is 0 Å². The average molecular weight is 681 g/mol. The van der Waals surface area contributed by atoms with Gasteiger partial charge in [0.1, 0.15) is 11.6 Å². The molecule has 8 rings (SSSR count). The van der Waals surface area contributed by atoms with Gasteiger partial charge in [-0.1, -0.05) is 137 Å². The van der Waals surface area contributed by atoms with Gasteiger partial charge in [0.25, 0.3) is 0 Å². The van der Waals surface area contributed by atoms with E-state index in [1.807, 2.05) is 6.07 Å². The van der Waals surface area contributed by atoms with Crippen LogP contribution in [0.4, 0.5) is 0 Å². The zero-order chi connectivity index (χ0) is 36.2. The Morgan fingerprint density at radius 1 is 0.500 bits per heavy atom. The Hall–Kier alpha value is -5.74. The van der Waals surface area contributed by atoms with Crippen LogP contribution in [-0.4, -0.2) is 19.1 Å². The van der Waals surface area contributed by atoms with Crippen molar-refractivity contribution in [2.45, 2.75) is 60.3 Å². The summed E-state index contributed by atoms with van der Waals surface area (Å²) in [6.45, 7) is 13.3. The van der Waals surface area contributed by atoms with E-state index in [1.54, 1.807) is 0 Å². The molecule has 0 aliphatic heterocycles. The van der Waals surface area contributed by atoms with Gasteiger partial charge in [0.2, 0.25) is 0 Å². The fraction of sp³-hybridized carbons (Fsp3) is 0.208. The first-order chi connectivity index (χ1) is 25.3. The van der Waals surface area contributed by atoms with Crippen LogP contribution in [-0.2, 0) is 6.42 Å². The Bertz CT molecular complexity index is 2430. The molecule has 2 aromatic heterocycles. The number of rotatable bonds is 8. The highest BCUT2D eigenvalue weighted by molar-refractivity contribution is 5.85. The molecular formula is C48H48N4. The fourth-order valence-corrected chi connectivity index (χ4v) is 6.99. The summed E-state index contributed by atoms with van der Waals surface area (Å²) >= 11 is 0. The first kappa shape index (κ1) is 34.7. The molecular weight excluding hydrogens is 633 g/mol. The Morgan fingerprint density at radius 2 is 0.962 bits per heavy atom. The monoisotopic (exact) mass is 680 g/mol. The standard InChI is InChI=1S/C25H26N2.C23H22N2/c1-18(2)13-15-20-9-7-8-12-23(20)27-24-16-14-19(3)17-22(24)26-25(27)21-10-5-4-6-11-21;1-16(2)19-11-7-8-12-21(19)25-22-14-13-17(3)15-20(22)24-23(25)18-9-5-4-6-10-18/h4-12,14,16-18H,13,15H2,1-3H3;4-16H,1-3H3. The maximum atomic E-state index is 5.02. The zero-order valence-electron chi connectivity index (χ0n) is 31.2. The molecule has 0 N–H and O–H groups in total. The molecule has 0 radical (unpaired) electrons. The number of para-hydroxylation sites is 2. The van der Waals surface area contributed by atoms with E-state index in [4.69, 9.17) is 9.97 Å². The van der Waals surface area contributed by atoms with Crippen molar-refractivity contribution in [2.24, 2.45) is 5.92 Å². The van der Waals surface area contributed by atoms with Crippen molar-refractivity contribution < 1.29 is 0 Å². The molecule has 0 saturated carbocycles. The number of benzene rings is 6. The molecule has 0 unspecified atom stereocenters. The van der Waals surface area contributed by atoms with Crippen molar-refractivity contribution in [2.75, 3.05) is 0 Å². The number of fused-ring (bicyclic) bond motifs is 2. The number of hydrogen-bond acceptors (Lipinski definition) is 2. The number of aryl methyl sites for hydroxylation is 3. The Balaban J connectivity index is 0.000000162. The Labute approximate surface area is 308 Å². The largest absolute Gasteiger partial charge is 0.292 e. The van der Waals surface area contributed by atoms with Crippen LogP contribution in [0.3, 0.4) is 0 Å². The molecule has 4 heteroatoms. The minimum atomic E-state index is 0.447. The van der Waals surface area contributed by atoms with Gasteiger partial charge < -0.3 is 0 Å². The van der Waals surface area contributed by atoms with E-state index in [0.717, 1.165) is 51.3 Å². The lowest BCUT2D eigenvalue weighted by atomic mass is 10.0. The smallest absolute Gasteiger partial charge is 0.145 e. The van der Waals surface area contributed by atoms with E-state index in [1.165, 1.54) is 40.0 Å². The van der Waals surface area contributed by atoms with Crippen LogP contribution in [0.25, 0.3) is 56.2 Å². The predicted octanol–water partition coefficient (Wildman–Crippen LogP) is 12.7. The highest BCUT2D eigenvalue weighted by Crippen LogP contribution is 2.34. The molecule has 0 saturated heterocycles. The highest BCUT2D eigenvalue weighted by atomic mass is 15.1. The second-order valence-electron chi connectivity index (χ2n) is 14.5. The molecule has 6 aromatic carbocycles. The summed E-state index contributed by atoms with van der Waals surface area (Å²) < 4.78 is 4.64. The third-order valence-electron chi connectivity index (χ3n) is 9.71. The van der Waals surface area contributed by atoms with Crippen LogP contribution in [0.15, 0.2) is 146 Å². The van der Waals surface area contributed by atoms with Crippen molar-refractivity contribution in [1.82, 2.24) is 19.1 Å². The lowest BCUT2D eigenvalue weighted by Gasteiger charge is -2.16. The third-order valence-corrected chi connectivity index (χ3v) is 9.71. The number of aromatic nitrogens is 4. The van der Waals surface area contributed by atoms with Crippen molar-refractivity contribution >= 4 is 22.1 Å². The lowest BCUT2D eigenvalue weighted by molar-refractivity contribution is 0.586. The Morgan fingerprint density at radius 3 is 1.48 bits per heavy atom. The average Bonchev–Trinajstić information content (AvgIpc) is 3.73. The SMILES string of the molecule is Cc1ccc2c(c1)nc(-c1ccccc1)n2-c1ccccc1C(C)C.Cc1ccc2c(c1)nc(-c1ccccc1)n2-c1ccccc1CCC(C)C. The van der Waals surface area contributed by atoms with E-state index in [9.17, 15) is 0 Å². The van der Waals surface area contributed by atoms with Crippen LogP contribution in [0, 0.1) is 19.8 Å². The lowest BCUT2D eigenvalue weighted by Crippen LogP contribution is -2.03. The van der Waals surface area contributed by atoms with Crippen LogP contribution in [0.5, 0.6) is 0 Å². The van der Waals surface area contributed by atoms with Crippen molar-refractivity contribution in [3.8, 4) is 34.2 Å². The van der Waals surface area contributed by atoms with Gasteiger partial charge in [-0.05, 0) is 97.2 Å². The van der Waals surface area contributed by atoms with Gasteiger partial charge in [-0.15, -0.1) is 0 Å². The number of imidazole rings is 2. The normalized spacial score (nSPS) is 11.4. The van der Waals surface area contributed by atoms with E-state index in [0.29, 0.717) is 11.8 Å². The van der Waals surface area contributed by atoms with Crippen molar-refractivity contribution in [3.63, 3.8) is 0 Å². The van der Waals surface area contributed by atoms with Crippen LogP contribution in [0.2, 0.25) is 0 Å². The van der Waals surface area contributed by atoms with E-state index < -0.39 is 0 Å². The minimum absolute atomic E-state index is 0.447. The number of nitrogens with zero attached hydrogens (tertiary/aromatic N) is 4. The summed E-state index contributed by atoms with van der Waals surface area (Å²) in [6, 6.07) is 51.4. The van der Waals surface area contributed by atoms with E-state index in [-0.39, 0.29) is 0 Å². The predicted molar refractivity (Wildman–Crippen MR) is 220 cm³/mol. The summed E-state index contributed by atoms with van der Waals surface area (Å²) in [5.41, 5.74) is 14.3. The second-order valence-corrected chi connectivity index (χ2v) is 14.5. The summed E-state index contributed by atoms with van der Waals surface area (Å²) in [6.07, 6.45) is 2.26. The molecule has 0 bridgehead atoms. The quantitative estimate of drug-likeness (QED) is 0.160. The topological polar surface area (TPSA) is 35.6 Å². The maximum Gasteiger partial charge on any atom is 0.145 e. The second kappa shape index (κ2) is 15.2. The van der Waals surface area contributed by atoms with Gasteiger partial charge in [0.05, 0.1) is 33.4 Å². The fourth-order valence-electron chi connectivity index (χ4n) is 6.99. The van der Waals surface area contributed by atoms with Gasteiger partial charge in [0.15, 0.2) is 0 Å². The first-order valence-electron chi connectivity index (χ1n) is 18.5. The first-order valence-corrected chi connectivity index (χ1v) is 18.5. The molecule has 0 spiro atoms. The molecule has 260 valence electrons. The molecule has 4 nitrogen and oxygen atoms in total. The molecule has 0 fully saturated rings. The van der Waals surface area contributed by atoms with E-state index >= 15 is 0 Å². The summed E-state index contributed by atoms with van der Waals surface area (Å²) in [4.78, 5) is 10.0. The molecule has 0 aliphatic rings. The highest BCUT2D eigenvalue weighted by Gasteiger charge is 2.19. The number of hydrogen-bond donors (Lipinski definition) is 0. The van der Waals surface area contributed by atoms with Gasteiger partial charge in [0, 0.05) is 11.1 Å². The molecule has 0 atom stereocenters. The molecule has 52 heavy (non-hydrogen) atoms. The molecule has 0 aliphatic carbocycles. The van der Waals surface area contributed by atoms with Crippen molar-refractivity contribution in [1.29, 1.82) is 0 Å². The summed E-state index contributed by atoms with van der Waals surface area (Å²) in [5, 5.41) is 0. The maximum absolute atomic E-state index is 5.02. The van der Waals surface area contributed by atoms with E-state index in [2.05, 4.69) is 190 Å². The molecule has 2 heterocycles.